The lowest BCUT2D eigenvalue weighted by Gasteiger charge is -2.46. The molecule has 846 valence electrons. The fourth-order valence-corrected chi connectivity index (χ4v) is 18.2. The number of alkyl halides is 4. The Balaban J connectivity index is -0.00000145. The van der Waals surface area contributed by atoms with Gasteiger partial charge in [-0.05, 0) is 278 Å². The Morgan fingerprint density at radius 3 is 0.736 bits per heavy atom. The molecular weight excluding hydrogens is 1790 g/mol. The summed E-state index contributed by atoms with van der Waals surface area (Å²) in [6, 6.07) is 3.72. The Morgan fingerprint density at radius 2 is 0.543 bits per heavy atom. The van der Waals surface area contributed by atoms with Gasteiger partial charge in [-0.25, -0.2) is 17.6 Å². The number of nitrogens with zero attached hydrogens (tertiary/aromatic N) is 8. The summed E-state index contributed by atoms with van der Waals surface area (Å²) in [6.45, 7) is 128. The van der Waals surface area contributed by atoms with Gasteiger partial charge in [-0.3, -0.25) is 43.9 Å². The van der Waals surface area contributed by atoms with Crippen LogP contribution in [0.3, 0.4) is 0 Å². The number of halogens is 5. The van der Waals surface area contributed by atoms with E-state index in [2.05, 4.69) is 346 Å². The summed E-state index contributed by atoms with van der Waals surface area (Å²) in [5.74, 6) is 3.33. The fraction of sp³-hybridized carbons (Fsp3) is 1.00. The van der Waals surface area contributed by atoms with Crippen molar-refractivity contribution in [1.82, 2.24) is 60.5 Å². The molecular formula is C111H235F5N12O12. The van der Waals surface area contributed by atoms with Gasteiger partial charge >= 0.3 is 0 Å². The zero-order chi connectivity index (χ0) is 107. The zero-order valence-corrected chi connectivity index (χ0v) is 99.7. The maximum absolute atomic E-state index is 12.6. The second-order valence-corrected chi connectivity index (χ2v) is 50.8. The quantitative estimate of drug-likeness (QED) is 0.191. The van der Waals surface area contributed by atoms with Gasteiger partial charge in [0.2, 0.25) is 0 Å². The van der Waals surface area contributed by atoms with Crippen LogP contribution in [-0.2, 0) is 56.8 Å². The topological polar surface area (TPSA) is 185 Å². The molecule has 4 bridgehead atoms. The van der Waals surface area contributed by atoms with Gasteiger partial charge in [0.15, 0.2) is 0 Å². The van der Waals surface area contributed by atoms with Crippen LogP contribution >= 0.6 is 0 Å². The highest BCUT2D eigenvalue weighted by Crippen LogP contribution is 2.39. The summed E-state index contributed by atoms with van der Waals surface area (Å²) in [5.41, 5.74) is 1.93. The summed E-state index contributed by atoms with van der Waals surface area (Å²) in [6.07, 6.45) is 2.27. The lowest BCUT2D eigenvalue weighted by Crippen LogP contribution is -2.57. The zero-order valence-electron chi connectivity index (χ0n) is 99.7. The molecule has 14 saturated heterocycles. The van der Waals surface area contributed by atoms with Crippen LogP contribution in [0.2, 0.25) is 0 Å². The van der Waals surface area contributed by atoms with Gasteiger partial charge in [0, 0.05) is 191 Å². The predicted molar refractivity (Wildman–Crippen MR) is 582 cm³/mol. The average molecular weight is 2030 g/mol. The van der Waals surface area contributed by atoms with Gasteiger partial charge in [-0.15, -0.1) is 0 Å². The maximum Gasteiger partial charge on any atom is 0.265 e. The molecule has 15 atom stereocenters. The molecule has 0 aromatic rings. The van der Waals surface area contributed by atoms with Crippen molar-refractivity contribution in [3.8, 4) is 0 Å². The molecule has 24 nitrogen and oxygen atoms in total. The van der Waals surface area contributed by atoms with E-state index < -0.39 is 25.0 Å². The summed E-state index contributed by atoms with van der Waals surface area (Å²) in [7, 11) is 0. The second-order valence-electron chi connectivity index (χ2n) is 50.8. The van der Waals surface area contributed by atoms with Crippen molar-refractivity contribution >= 4 is 0 Å². The molecule has 14 rings (SSSR count). The molecule has 0 aromatic carbocycles. The second kappa shape index (κ2) is 73.8. The Labute approximate surface area is 861 Å². The highest BCUT2D eigenvalue weighted by atomic mass is 19.3. The number of morpholine rings is 12. The SMILES string of the molecule is CC(C)(C)N1C2CCC1COC2.CC(C)(C)N1CCOC[C@H]1C(F)F.CC(C)C.CC(C)C.CC(C)C.CC(C)C.CC1CN(C(C)(C)C)CCO1.CC1CN(C(C)(C)C)CCO1.CC1COCCN1C(C)(C)C.CC1OCC2CCC1N2C(C)(C)C.C[C@@H]1CNCCO1.C[C@@H]1COCCN1C(C)(C)C.C[C@H]1CNCCO1.C[C@H]1CNCCO1.C[C@H]1COCCN1C(C)(C)C.F.FC(F)[C@@H]1CNCCO1. The van der Waals surface area contributed by atoms with Gasteiger partial charge in [0.1, 0.15) is 6.10 Å². The summed E-state index contributed by atoms with van der Waals surface area (Å²) in [5, 5.41) is 12.4. The third-order valence-corrected chi connectivity index (χ3v) is 24.4. The van der Waals surface area contributed by atoms with Crippen LogP contribution in [0.4, 0.5) is 22.3 Å². The lowest BCUT2D eigenvalue weighted by atomic mass is 10.00. The van der Waals surface area contributed by atoms with E-state index >= 15 is 0 Å². The van der Waals surface area contributed by atoms with Crippen molar-refractivity contribution in [3.63, 3.8) is 0 Å². The van der Waals surface area contributed by atoms with E-state index in [-0.39, 0.29) is 23.4 Å². The first-order valence-electron chi connectivity index (χ1n) is 54.7. The number of nitrogens with one attached hydrogen (secondary N) is 4. The predicted octanol–water partition coefficient (Wildman–Crippen LogP) is 20.0. The average Bonchev–Trinajstić information content (AvgIpc) is 1.65. The van der Waals surface area contributed by atoms with E-state index in [1.54, 1.807) is 0 Å². The van der Waals surface area contributed by atoms with Gasteiger partial charge in [-0.1, -0.05) is 83.1 Å². The number of rotatable bonds is 2. The van der Waals surface area contributed by atoms with Gasteiger partial charge in [0.05, 0.1) is 155 Å². The molecule has 8 unspecified atom stereocenters. The van der Waals surface area contributed by atoms with Crippen molar-refractivity contribution in [2.45, 2.75) is 485 Å². The molecule has 14 heterocycles. The molecule has 14 aliphatic rings. The van der Waals surface area contributed by atoms with Crippen LogP contribution in [0.1, 0.15) is 337 Å². The van der Waals surface area contributed by atoms with Gasteiger partial charge < -0.3 is 78.1 Å². The van der Waals surface area contributed by atoms with E-state index in [1.807, 2.05) is 25.7 Å². The highest BCUT2D eigenvalue weighted by molar-refractivity contribution is 5.01. The largest absolute Gasteiger partial charge is 0.379 e. The minimum atomic E-state index is -2.35. The molecule has 0 aromatic heterocycles. The number of ether oxygens (including phenoxy) is 12. The van der Waals surface area contributed by atoms with E-state index in [1.165, 1.54) is 25.7 Å². The van der Waals surface area contributed by atoms with Crippen molar-refractivity contribution < 1.29 is 79.1 Å². The monoisotopic (exact) mass is 2020 g/mol. The first-order valence-corrected chi connectivity index (χ1v) is 54.7. The Morgan fingerprint density at radius 1 is 0.264 bits per heavy atom. The molecule has 4 N–H and O–H groups in total. The van der Waals surface area contributed by atoms with E-state index in [4.69, 9.17) is 56.8 Å². The number of hydrogen-bond donors (Lipinski definition) is 4. The molecule has 0 aliphatic carbocycles. The summed E-state index contributed by atoms with van der Waals surface area (Å²) >= 11 is 0. The smallest absolute Gasteiger partial charge is 0.265 e. The summed E-state index contributed by atoms with van der Waals surface area (Å²) in [4.78, 5) is 19.6. The summed E-state index contributed by atoms with van der Waals surface area (Å²) < 4.78 is 112. The number of fused-ring (bicyclic) bond motifs is 4. The maximum atomic E-state index is 12.6. The highest BCUT2D eigenvalue weighted by Gasteiger charge is 2.47. The molecule has 14 fully saturated rings. The standard InChI is InChI=1S/C11H21NO.C10H19NO.C9H17F2NO.5C9H19NO.C5H9F2NO.3C5H11NO.4C4H10.FH/c1-8-10-6-5-9(7-13-8)12(10)11(2,3)4;1-10(2,3)11-8-4-5-9(11)7-12-6-8;1-9(2,3)12-4-5-13-6-7(12)8(10)11;3*1-8-7-11-6-5-10(8)9(2,3)4;2*1-8-7-10(5-6-11-8)9(2,3)4;6-5(7)4-3-8-1-2-9-4;3*1-5-4-6-2-3-7-5;4*1-4(2)3;/h8-10H,5-7H2,1-4H3;8-9H,4-7H2,1-3H3;7-8H,4-6H2,1-3H3;5*8H,5-7H2,1-4H3;4-5,8H,1-3H2;3*5-6H,2-4H2,1H3;4*4H,1-3H3;1H/t;;7-;2*8-;;;;4-;3*5-;;;;;/m..010...0100...../s1. The fourth-order valence-electron chi connectivity index (χ4n) is 18.2. The van der Waals surface area contributed by atoms with Crippen LogP contribution in [0.5, 0.6) is 0 Å². The normalized spacial score (nSPS) is 28.7. The third-order valence-electron chi connectivity index (χ3n) is 24.4. The molecule has 29 heteroatoms. The lowest BCUT2D eigenvalue weighted by molar-refractivity contribution is -0.103. The van der Waals surface area contributed by atoms with E-state index in [0.29, 0.717) is 144 Å². The molecule has 140 heavy (non-hydrogen) atoms. The van der Waals surface area contributed by atoms with Crippen LogP contribution in [0.15, 0.2) is 0 Å². The van der Waals surface area contributed by atoms with Gasteiger partial charge in [-0.2, -0.15) is 0 Å². The molecule has 0 amide bonds. The molecule has 0 spiro atoms. The van der Waals surface area contributed by atoms with Crippen LogP contribution in [0, 0.1) is 23.7 Å². The number of hydrogen-bond acceptors (Lipinski definition) is 24. The van der Waals surface area contributed by atoms with Crippen LogP contribution in [-0.4, -0.2) is 404 Å². The Kier molecular flexibility index (Phi) is 75.3. The van der Waals surface area contributed by atoms with E-state index in [0.717, 1.165) is 201 Å². The van der Waals surface area contributed by atoms with Crippen LogP contribution < -0.4 is 21.3 Å². The van der Waals surface area contributed by atoms with Crippen molar-refractivity contribution in [2.24, 2.45) is 23.7 Å². The first kappa shape index (κ1) is 143. The van der Waals surface area contributed by atoms with Crippen molar-refractivity contribution in [3.05, 3.63) is 0 Å². The first-order chi connectivity index (χ1) is 64.0. The molecule has 14 aliphatic heterocycles. The van der Waals surface area contributed by atoms with Crippen molar-refractivity contribution in [2.75, 3.05) is 217 Å². The minimum absolute atomic E-state index is 0. The Bertz CT molecular complexity index is 2680. The molecule has 0 radical (unpaired) electrons. The minimum Gasteiger partial charge on any atom is -0.379 e. The van der Waals surface area contributed by atoms with Gasteiger partial charge in [0.25, 0.3) is 12.9 Å². The Hall–Kier alpha value is -1.31. The van der Waals surface area contributed by atoms with Crippen LogP contribution in [0.25, 0.3) is 0 Å². The van der Waals surface area contributed by atoms with Crippen molar-refractivity contribution in [1.29, 1.82) is 0 Å². The molecule has 0 saturated carbocycles. The third kappa shape index (κ3) is 68.5. The van der Waals surface area contributed by atoms with E-state index in [9.17, 15) is 17.6 Å².